The van der Waals surface area contributed by atoms with Crippen molar-refractivity contribution in [3.05, 3.63) is 15.8 Å². The first kappa shape index (κ1) is 16.9. The number of aryl methyl sites for hydroxylation is 1. The number of hydrogen-bond donors (Lipinski definition) is 1. The second-order valence-corrected chi connectivity index (χ2v) is 8.83. The molecule has 0 amide bonds. The molecule has 1 saturated heterocycles. The number of piperidine rings is 1. The molecule has 1 aromatic heterocycles. The van der Waals surface area contributed by atoms with Crippen LogP contribution >= 0.6 is 11.3 Å². The van der Waals surface area contributed by atoms with Gasteiger partial charge >= 0.3 is 0 Å². The summed E-state index contributed by atoms with van der Waals surface area (Å²) in [6.45, 7) is 7.82. The molecule has 0 aromatic carbocycles. The lowest BCUT2D eigenvalue weighted by atomic mass is 9.75. The fourth-order valence-electron chi connectivity index (χ4n) is 3.26. The Morgan fingerprint density at radius 3 is 2.33 bits per heavy atom. The van der Waals surface area contributed by atoms with Gasteiger partial charge in [-0.05, 0) is 36.1 Å². The molecule has 1 fully saturated rings. The van der Waals surface area contributed by atoms with E-state index >= 15 is 0 Å². The van der Waals surface area contributed by atoms with Gasteiger partial charge in [0.05, 0.1) is 0 Å². The highest BCUT2D eigenvalue weighted by molar-refractivity contribution is 7.89. The quantitative estimate of drug-likeness (QED) is 0.902. The Balaban J connectivity index is 2.25. The number of nitrogens with two attached hydrogens (primary N) is 1. The van der Waals surface area contributed by atoms with E-state index in [1.165, 1.54) is 11.3 Å². The Bertz CT molecular complexity index is 579. The van der Waals surface area contributed by atoms with Gasteiger partial charge in [-0.1, -0.05) is 26.7 Å². The standard InChI is InChI=1S/C15H26N2O2S2/c1-4-15(5-2)6-8-17(9-7-15)21(18,19)14-12(3)11-20-13(14)10-16/h11H,4-10,16H2,1-3H3. The lowest BCUT2D eigenvalue weighted by Crippen LogP contribution is -2.43. The largest absolute Gasteiger partial charge is 0.326 e. The maximum absolute atomic E-state index is 12.9. The number of rotatable bonds is 5. The van der Waals surface area contributed by atoms with Crippen LogP contribution < -0.4 is 5.73 Å². The summed E-state index contributed by atoms with van der Waals surface area (Å²) in [5.74, 6) is 0. The van der Waals surface area contributed by atoms with Crippen LogP contribution in [0.25, 0.3) is 0 Å². The minimum absolute atomic E-state index is 0.286. The Morgan fingerprint density at radius 1 is 1.29 bits per heavy atom. The molecule has 6 heteroatoms. The molecule has 2 rings (SSSR count). The van der Waals surface area contributed by atoms with E-state index in [1.54, 1.807) is 4.31 Å². The highest BCUT2D eigenvalue weighted by atomic mass is 32.2. The summed E-state index contributed by atoms with van der Waals surface area (Å²) in [6, 6.07) is 0. The number of sulfonamides is 1. The van der Waals surface area contributed by atoms with Gasteiger partial charge in [-0.2, -0.15) is 4.31 Å². The highest BCUT2D eigenvalue weighted by Crippen LogP contribution is 2.40. The Labute approximate surface area is 132 Å². The smallest absolute Gasteiger partial charge is 0.244 e. The van der Waals surface area contributed by atoms with Gasteiger partial charge in [-0.3, -0.25) is 0 Å². The molecule has 0 atom stereocenters. The maximum atomic E-state index is 12.9. The zero-order valence-electron chi connectivity index (χ0n) is 13.2. The van der Waals surface area contributed by atoms with Crippen LogP contribution in [0, 0.1) is 12.3 Å². The predicted octanol–water partition coefficient (Wildman–Crippen LogP) is 3.11. The average molecular weight is 331 g/mol. The molecule has 0 bridgehead atoms. The van der Waals surface area contributed by atoms with E-state index in [1.807, 2.05) is 12.3 Å². The third-order valence-electron chi connectivity index (χ3n) is 5.06. The van der Waals surface area contributed by atoms with Crippen molar-refractivity contribution in [1.29, 1.82) is 0 Å². The third kappa shape index (κ3) is 3.04. The van der Waals surface area contributed by atoms with Crippen molar-refractivity contribution >= 4 is 21.4 Å². The lowest BCUT2D eigenvalue weighted by molar-refractivity contribution is 0.141. The van der Waals surface area contributed by atoms with Crippen molar-refractivity contribution in [3.63, 3.8) is 0 Å². The van der Waals surface area contributed by atoms with Crippen LogP contribution in [0.15, 0.2) is 10.3 Å². The zero-order valence-corrected chi connectivity index (χ0v) is 14.8. The van der Waals surface area contributed by atoms with Gasteiger partial charge in [0.2, 0.25) is 10.0 Å². The topological polar surface area (TPSA) is 63.4 Å². The monoisotopic (exact) mass is 330 g/mol. The molecule has 21 heavy (non-hydrogen) atoms. The Hall–Kier alpha value is -0.430. The summed E-state index contributed by atoms with van der Waals surface area (Å²) < 4.78 is 27.5. The molecule has 2 heterocycles. The molecule has 0 saturated carbocycles. The van der Waals surface area contributed by atoms with Crippen LogP contribution in [0.4, 0.5) is 0 Å². The normalized spacial score (nSPS) is 19.8. The Morgan fingerprint density at radius 2 is 1.86 bits per heavy atom. The van der Waals surface area contributed by atoms with Crippen LogP contribution in [0.5, 0.6) is 0 Å². The fraction of sp³-hybridized carbons (Fsp3) is 0.733. The lowest BCUT2D eigenvalue weighted by Gasteiger charge is -2.40. The number of hydrogen-bond acceptors (Lipinski definition) is 4. The van der Waals surface area contributed by atoms with Crippen molar-refractivity contribution in [2.45, 2.75) is 57.9 Å². The van der Waals surface area contributed by atoms with E-state index < -0.39 is 10.0 Å². The van der Waals surface area contributed by atoms with Crippen LogP contribution in [0.2, 0.25) is 0 Å². The molecule has 2 N–H and O–H groups in total. The van der Waals surface area contributed by atoms with E-state index in [-0.39, 0.29) is 6.54 Å². The molecular formula is C15H26N2O2S2. The summed E-state index contributed by atoms with van der Waals surface area (Å²) in [4.78, 5) is 1.23. The molecule has 1 aromatic rings. The first-order valence-electron chi connectivity index (χ1n) is 7.67. The molecule has 4 nitrogen and oxygen atoms in total. The highest BCUT2D eigenvalue weighted by Gasteiger charge is 2.37. The Kier molecular flexibility index (Phi) is 5.13. The first-order valence-corrected chi connectivity index (χ1v) is 9.99. The summed E-state index contributed by atoms with van der Waals surface area (Å²) in [7, 11) is -3.40. The minimum Gasteiger partial charge on any atom is -0.326 e. The number of thiophene rings is 1. The van der Waals surface area contributed by atoms with Gasteiger partial charge in [-0.15, -0.1) is 11.3 Å². The summed E-state index contributed by atoms with van der Waals surface area (Å²) in [5.41, 5.74) is 6.85. The van der Waals surface area contributed by atoms with Gasteiger partial charge in [0.15, 0.2) is 0 Å². The van der Waals surface area contributed by atoms with Crippen LogP contribution in [-0.2, 0) is 16.6 Å². The second kappa shape index (κ2) is 6.36. The van der Waals surface area contributed by atoms with Crippen LogP contribution in [0.3, 0.4) is 0 Å². The van der Waals surface area contributed by atoms with E-state index in [9.17, 15) is 8.42 Å². The third-order valence-corrected chi connectivity index (χ3v) is 8.44. The van der Waals surface area contributed by atoms with E-state index in [0.29, 0.717) is 23.4 Å². The van der Waals surface area contributed by atoms with E-state index in [2.05, 4.69) is 13.8 Å². The molecule has 0 radical (unpaired) electrons. The molecule has 0 unspecified atom stereocenters. The fourth-order valence-corrected chi connectivity index (χ4v) is 6.36. The first-order chi connectivity index (χ1) is 9.90. The van der Waals surface area contributed by atoms with Crippen molar-refractivity contribution in [2.75, 3.05) is 13.1 Å². The SMILES string of the molecule is CCC1(CC)CCN(S(=O)(=O)c2c(C)csc2CN)CC1. The zero-order chi connectivity index (χ0) is 15.7. The summed E-state index contributed by atoms with van der Waals surface area (Å²) in [5, 5.41) is 1.89. The van der Waals surface area contributed by atoms with Crippen molar-refractivity contribution in [2.24, 2.45) is 11.1 Å². The van der Waals surface area contributed by atoms with E-state index in [0.717, 1.165) is 36.1 Å². The van der Waals surface area contributed by atoms with Gasteiger partial charge in [-0.25, -0.2) is 8.42 Å². The summed E-state index contributed by atoms with van der Waals surface area (Å²) in [6.07, 6.45) is 4.17. The van der Waals surface area contributed by atoms with Crippen molar-refractivity contribution in [1.82, 2.24) is 4.31 Å². The number of nitrogens with zero attached hydrogens (tertiary/aromatic N) is 1. The van der Waals surface area contributed by atoms with Gasteiger partial charge in [0.25, 0.3) is 0 Å². The van der Waals surface area contributed by atoms with Gasteiger partial charge < -0.3 is 5.73 Å². The maximum Gasteiger partial charge on any atom is 0.244 e. The molecule has 0 spiro atoms. The molecule has 0 aliphatic carbocycles. The van der Waals surface area contributed by atoms with Crippen molar-refractivity contribution in [3.8, 4) is 0 Å². The molecule has 1 aliphatic heterocycles. The molecular weight excluding hydrogens is 304 g/mol. The van der Waals surface area contributed by atoms with Crippen LogP contribution in [0.1, 0.15) is 50.0 Å². The molecule has 1 aliphatic rings. The second-order valence-electron chi connectivity index (χ2n) is 5.99. The van der Waals surface area contributed by atoms with Crippen LogP contribution in [-0.4, -0.2) is 25.8 Å². The molecule has 120 valence electrons. The predicted molar refractivity (Wildman–Crippen MR) is 88.0 cm³/mol. The van der Waals surface area contributed by atoms with Gasteiger partial charge in [0, 0.05) is 24.5 Å². The average Bonchev–Trinajstić information content (AvgIpc) is 2.89. The van der Waals surface area contributed by atoms with E-state index in [4.69, 9.17) is 5.73 Å². The van der Waals surface area contributed by atoms with Gasteiger partial charge in [0.1, 0.15) is 4.90 Å². The van der Waals surface area contributed by atoms with Crippen molar-refractivity contribution < 1.29 is 8.42 Å². The summed E-state index contributed by atoms with van der Waals surface area (Å²) >= 11 is 1.45. The minimum atomic E-state index is -3.40.